The molecule has 0 aromatic heterocycles. The van der Waals surface area contributed by atoms with Crippen molar-refractivity contribution >= 4 is 23.2 Å². The third kappa shape index (κ3) is 1.89. The van der Waals surface area contributed by atoms with Gasteiger partial charge in [-0.3, -0.25) is 14.4 Å². The highest BCUT2D eigenvalue weighted by Crippen LogP contribution is 2.69. The number of rotatable bonds is 2. The van der Waals surface area contributed by atoms with Crippen LogP contribution in [-0.2, 0) is 14.4 Å². The number of hydrogen-bond donors (Lipinski definition) is 0. The summed E-state index contributed by atoms with van der Waals surface area (Å²) in [5, 5.41) is 0. The van der Waals surface area contributed by atoms with Crippen LogP contribution in [0.4, 0.5) is 5.69 Å². The van der Waals surface area contributed by atoms with Gasteiger partial charge < -0.3 is 9.80 Å². The molecule has 2 saturated carbocycles. The minimum atomic E-state index is -1.16. The van der Waals surface area contributed by atoms with Crippen LogP contribution in [0.3, 0.4) is 0 Å². The maximum absolute atomic E-state index is 13.5. The smallest absolute Gasteiger partial charge is 0.237 e. The molecule has 1 heterocycles. The number of fused-ring (bicyclic) bond motifs is 2. The Bertz CT molecular complexity index is 780. The van der Waals surface area contributed by atoms with E-state index >= 15 is 0 Å². The van der Waals surface area contributed by atoms with Crippen molar-refractivity contribution < 1.29 is 14.4 Å². The van der Waals surface area contributed by atoms with E-state index < -0.39 is 22.0 Å². The van der Waals surface area contributed by atoms with Crippen LogP contribution in [0.25, 0.3) is 0 Å². The predicted octanol–water partition coefficient (Wildman–Crippen LogP) is 2.30. The molecule has 3 aliphatic rings. The standard InChI is InChI=1S/C21H26N2O3/c1-19(2)20(3)9-10-21(19,17(25)16(20)24)18(26)23-13-11-22(12-14-23)15-7-5-4-6-8-15/h4-8H,9-14H2,1-3H3/t20-,21-/m1/s1. The second-order valence-electron chi connectivity index (χ2n) is 8.64. The maximum atomic E-state index is 13.5. The Hall–Kier alpha value is -2.17. The van der Waals surface area contributed by atoms with E-state index in [1.165, 1.54) is 0 Å². The molecule has 5 heteroatoms. The Morgan fingerprint density at radius 3 is 2.04 bits per heavy atom. The van der Waals surface area contributed by atoms with Crippen LogP contribution in [0.15, 0.2) is 30.3 Å². The van der Waals surface area contributed by atoms with Crippen LogP contribution in [0.2, 0.25) is 0 Å². The second kappa shape index (κ2) is 5.41. The van der Waals surface area contributed by atoms with Gasteiger partial charge in [-0.2, -0.15) is 0 Å². The first-order chi connectivity index (χ1) is 12.3. The number of nitrogens with zero attached hydrogens (tertiary/aromatic N) is 2. The van der Waals surface area contributed by atoms with Gasteiger partial charge >= 0.3 is 0 Å². The number of hydrogen-bond acceptors (Lipinski definition) is 4. The SMILES string of the molecule is CC1(C)[C@]2(C(=O)N3CCN(c4ccccc4)CC3)CC[C@]1(C)C(=O)C2=O. The van der Waals surface area contributed by atoms with Gasteiger partial charge in [0.25, 0.3) is 0 Å². The first-order valence-corrected chi connectivity index (χ1v) is 9.44. The highest BCUT2D eigenvalue weighted by atomic mass is 16.2. The van der Waals surface area contributed by atoms with Crippen molar-refractivity contribution in [2.45, 2.75) is 33.6 Å². The molecule has 1 aromatic rings. The summed E-state index contributed by atoms with van der Waals surface area (Å²) in [6, 6.07) is 10.2. The molecule has 26 heavy (non-hydrogen) atoms. The lowest BCUT2D eigenvalue weighted by atomic mass is 9.64. The Morgan fingerprint density at radius 1 is 0.885 bits per heavy atom. The summed E-state index contributed by atoms with van der Waals surface area (Å²) < 4.78 is 0. The Balaban J connectivity index is 1.56. The highest BCUT2D eigenvalue weighted by molar-refractivity contribution is 6.48. The number of carbonyl (C=O) groups excluding carboxylic acids is 3. The summed E-state index contributed by atoms with van der Waals surface area (Å²) in [4.78, 5) is 43.0. The summed E-state index contributed by atoms with van der Waals surface area (Å²) in [7, 11) is 0. The first-order valence-electron chi connectivity index (χ1n) is 9.44. The van der Waals surface area contributed by atoms with Crippen LogP contribution in [0.5, 0.6) is 0 Å². The van der Waals surface area contributed by atoms with E-state index in [2.05, 4.69) is 17.0 Å². The molecule has 4 rings (SSSR count). The van der Waals surface area contributed by atoms with Gasteiger partial charge in [0.05, 0.1) is 0 Å². The fraction of sp³-hybridized carbons (Fsp3) is 0.571. The number of piperazine rings is 1. The average molecular weight is 354 g/mol. The Morgan fingerprint density at radius 2 is 1.50 bits per heavy atom. The largest absolute Gasteiger partial charge is 0.368 e. The number of carbonyl (C=O) groups is 3. The van der Waals surface area contributed by atoms with Crippen molar-refractivity contribution in [3.63, 3.8) is 0 Å². The molecule has 138 valence electrons. The minimum absolute atomic E-state index is 0.130. The molecule has 3 fully saturated rings. The molecular weight excluding hydrogens is 328 g/mol. The quantitative estimate of drug-likeness (QED) is 0.604. The fourth-order valence-corrected chi connectivity index (χ4v) is 5.32. The third-order valence-corrected chi connectivity index (χ3v) is 7.59. The van der Waals surface area contributed by atoms with Crippen molar-refractivity contribution in [1.29, 1.82) is 0 Å². The molecule has 5 nitrogen and oxygen atoms in total. The number of ketones is 2. The van der Waals surface area contributed by atoms with E-state index in [0.717, 1.165) is 18.8 Å². The van der Waals surface area contributed by atoms with Crippen LogP contribution in [0, 0.1) is 16.2 Å². The summed E-state index contributed by atoms with van der Waals surface area (Å²) in [6.07, 6.45) is 1.12. The van der Waals surface area contributed by atoms with Crippen molar-refractivity contribution in [2.24, 2.45) is 16.2 Å². The summed E-state index contributed by atoms with van der Waals surface area (Å²) >= 11 is 0. The van der Waals surface area contributed by atoms with Crippen molar-refractivity contribution in [3.8, 4) is 0 Å². The van der Waals surface area contributed by atoms with Crippen molar-refractivity contribution in [2.75, 3.05) is 31.1 Å². The minimum Gasteiger partial charge on any atom is -0.368 e. The topological polar surface area (TPSA) is 57.7 Å². The van der Waals surface area contributed by atoms with Gasteiger partial charge in [0, 0.05) is 37.3 Å². The zero-order valence-corrected chi connectivity index (χ0v) is 15.7. The van der Waals surface area contributed by atoms with Crippen molar-refractivity contribution in [1.82, 2.24) is 4.90 Å². The molecule has 0 radical (unpaired) electrons. The molecule has 0 unspecified atom stereocenters. The lowest BCUT2D eigenvalue weighted by Gasteiger charge is -2.43. The Labute approximate surface area is 154 Å². The van der Waals surface area contributed by atoms with E-state index in [-0.39, 0.29) is 11.7 Å². The molecule has 2 bridgehead atoms. The zero-order chi connectivity index (χ0) is 18.7. The third-order valence-electron chi connectivity index (χ3n) is 7.59. The van der Waals surface area contributed by atoms with Gasteiger partial charge in [-0.1, -0.05) is 39.0 Å². The first kappa shape index (κ1) is 17.3. The molecular formula is C21H26N2O3. The Kier molecular flexibility index (Phi) is 3.59. The van der Waals surface area contributed by atoms with E-state index in [0.29, 0.717) is 25.9 Å². The van der Waals surface area contributed by atoms with Gasteiger partial charge in [0.2, 0.25) is 17.5 Å². The predicted molar refractivity (Wildman–Crippen MR) is 98.8 cm³/mol. The molecule has 2 aliphatic carbocycles. The van der Waals surface area contributed by atoms with E-state index in [9.17, 15) is 14.4 Å². The van der Waals surface area contributed by atoms with Gasteiger partial charge in [-0.25, -0.2) is 0 Å². The summed E-state index contributed by atoms with van der Waals surface area (Å²) in [5.74, 6) is -0.924. The molecule has 1 aromatic carbocycles. The number of amides is 1. The molecule has 1 amide bonds. The number of para-hydroxylation sites is 1. The van der Waals surface area contributed by atoms with Gasteiger partial charge in [-0.05, 0) is 30.4 Å². The normalized spacial score (nSPS) is 33.0. The van der Waals surface area contributed by atoms with Gasteiger partial charge in [-0.15, -0.1) is 0 Å². The molecule has 2 atom stereocenters. The van der Waals surface area contributed by atoms with Crippen molar-refractivity contribution in [3.05, 3.63) is 30.3 Å². The van der Waals surface area contributed by atoms with Crippen LogP contribution in [-0.4, -0.2) is 48.6 Å². The lowest BCUT2D eigenvalue weighted by Crippen LogP contribution is -2.57. The monoisotopic (exact) mass is 354 g/mol. The summed E-state index contributed by atoms with van der Waals surface area (Å²) in [6.45, 7) is 8.38. The second-order valence-corrected chi connectivity index (χ2v) is 8.64. The van der Waals surface area contributed by atoms with Crippen LogP contribution >= 0.6 is 0 Å². The average Bonchev–Trinajstić information content (AvgIpc) is 2.93. The zero-order valence-electron chi connectivity index (χ0n) is 15.7. The molecule has 0 N–H and O–H groups in total. The highest BCUT2D eigenvalue weighted by Gasteiger charge is 2.78. The summed E-state index contributed by atoms with van der Waals surface area (Å²) in [5.41, 5.74) is -1.33. The lowest BCUT2D eigenvalue weighted by molar-refractivity contribution is -0.155. The van der Waals surface area contributed by atoms with E-state index in [1.807, 2.05) is 43.9 Å². The number of benzene rings is 1. The fourth-order valence-electron chi connectivity index (χ4n) is 5.32. The molecule has 1 saturated heterocycles. The molecule has 1 aliphatic heterocycles. The van der Waals surface area contributed by atoms with Gasteiger partial charge in [0.1, 0.15) is 5.41 Å². The van der Waals surface area contributed by atoms with E-state index in [1.54, 1.807) is 0 Å². The molecule has 0 spiro atoms. The number of Topliss-reactive ketones (excluding diaryl/α,β-unsaturated/α-hetero) is 2. The van der Waals surface area contributed by atoms with Crippen LogP contribution < -0.4 is 4.90 Å². The van der Waals surface area contributed by atoms with E-state index in [4.69, 9.17) is 0 Å². The van der Waals surface area contributed by atoms with Crippen LogP contribution in [0.1, 0.15) is 33.6 Å². The van der Waals surface area contributed by atoms with Gasteiger partial charge in [0.15, 0.2) is 0 Å². The maximum Gasteiger partial charge on any atom is 0.237 e. The number of anilines is 1.